The summed E-state index contributed by atoms with van der Waals surface area (Å²) in [5, 5.41) is 9.07. The second-order valence-corrected chi connectivity index (χ2v) is 4.59. The van der Waals surface area contributed by atoms with Gasteiger partial charge < -0.3 is 24.4 Å². The minimum atomic E-state index is -4.58. The summed E-state index contributed by atoms with van der Waals surface area (Å²) in [6.07, 6.45) is -1.40. The molecule has 82 valence electrons. The van der Waals surface area contributed by atoms with Crippen LogP contribution in [0.4, 0.5) is 0 Å². The Labute approximate surface area is 79.8 Å². The van der Waals surface area contributed by atoms with E-state index in [2.05, 4.69) is 4.52 Å². The quantitative estimate of drug-likeness (QED) is 0.509. The zero-order valence-electron chi connectivity index (χ0n) is 7.20. The Morgan fingerprint density at radius 2 is 2.29 bits per heavy atom. The molecule has 3 atom stereocenters. The predicted octanol–water partition coefficient (Wildman–Crippen LogP) is -1.38. The van der Waals surface area contributed by atoms with E-state index in [1.54, 1.807) is 0 Å². The molecule has 14 heavy (non-hydrogen) atoms. The highest BCUT2D eigenvalue weighted by Crippen LogP contribution is 2.47. The highest BCUT2D eigenvalue weighted by Gasteiger charge is 2.59. The van der Waals surface area contributed by atoms with E-state index in [1.807, 2.05) is 0 Å². The average molecular weight is 226 g/mol. The van der Waals surface area contributed by atoms with Crippen molar-refractivity contribution in [3.05, 3.63) is 0 Å². The first-order chi connectivity index (χ1) is 6.47. The van der Waals surface area contributed by atoms with Gasteiger partial charge in [-0.25, -0.2) is 4.57 Å². The average Bonchev–Trinajstić information content (AvgIpc) is 2.59. The summed E-state index contributed by atoms with van der Waals surface area (Å²) < 4.78 is 25.5. The molecule has 0 aromatic rings. The molecule has 0 aromatic heterocycles. The number of phosphoric ester groups is 1. The van der Waals surface area contributed by atoms with Crippen molar-refractivity contribution < 1.29 is 33.5 Å². The van der Waals surface area contributed by atoms with Crippen LogP contribution in [0, 0.1) is 0 Å². The lowest BCUT2D eigenvalue weighted by atomic mass is 10.0. The normalized spacial score (nSPS) is 41.9. The number of aliphatic hydroxyl groups excluding tert-OH is 1. The van der Waals surface area contributed by atoms with Gasteiger partial charge in [0, 0.05) is 0 Å². The number of aliphatic hydroxyl groups is 1. The molecule has 0 radical (unpaired) electrons. The van der Waals surface area contributed by atoms with Gasteiger partial charge in [-0.15, -0.1) is 0 Å². The van der Waals surface area contributed by atoms with Crippen molar-refractivity contribution in [1.82, 2.24) is 0 Å². The second kappa shape index (κ2) is 3.24. The second-order valence-electron chi connectivity index (χ2n) is 3.40. The molecule has 2 aliphatic heterocycles. The molecule has 0 saturated carbocycles. The first-order valence-electron chi connectivity index (χ1n) is 4.07. The predicted molar refractivity (Wildman–Crippen MR) is 42.4 cm³/mol. The van der Waals surface area contributed by atoms with Crippen LogP contribution in [-0.2, 0) is 18.6 Å². The first kappa shape index (κ1) is 10.5. The van der Waals surface area contributed by atoms with Crippen LogP contribution < -0.4 is 0 Å². The smallest absolute Gasteiger partial charge is 0.393 e. The first-order valence-corrected chi connectivity index (χ1v) is 5.60. The molecule has 2 rings (SSSR count). The molecule has 2 heterocycles. The van der Waals surface area contributed by atoms with Gasteiger partial charge in [0.25, 0.3) is 0 Å². The fourth-order valence-corrected chi connectivity index (χ4v) is 2.38. The zero-order valence-corrected chi connectivity index (χ0v) is 8.09. The van der Waals surface area contributed by atoms with Crippen LogP contribution in [0.15, 0.2) is 0 Å². The van der Waals surface area contributed by atoms with E-state index in [0.29, 0.717) is 0 Å². The summed E-state index contributed by atoms with van der Waals surface area (Å²) in [6.45, 7) is -0.0990. The Morgan fingerprint density at radius 1 is 1.57 bits per heavy atom. The summed E-state index contributed by atoms with van der Waals surface area (Å²) in [7, 11) is -4.58. The van der Waals surface area contributed by atoms with Gasteiger partial charge in [-0.1, -0.05) is 0 Å². The molecule has 0 aliphatic carbocycles. The van der Waals surface area contributed by atoms with Crippen molar-refractivity contribution in [1.29, 1.82) is 0 Å². The number of hydrogen-bond donors (Lipinski definition) is 3. The molecular weight excluding hydrogens is 215 g/mol. The Morgan fingerprint density at radius 3 is 2.71 bits per heavy atom. The van der Waals surface area contributed by atoms with Crippen LogP contribution in [0.2, 0.25) is 0 Å². The van der Waals surface area contributed by atoms with Crippen LogP contribution >= 0.6 is 7.82 Å². The SMILES string of the molecule is O=P(O)(O)OC1C2COC1(CO)CO2. The largest absolute Gasteiger partial charge is 0.470 e. The van der Waals surface area contributed by atoms with Gasteiger partial charge in [0.1, 0.15) is 17.8 Å². The molecule has 7 nitrogen and oxygen atoms in total. The van der Waals surface area contributed by atoms with Crippen LogP contribution in [0.3, 0.4) is 0 Å². The summed E-state index contributed by atoms with van der Waals surface area (Å²) in [5.41, 5.74) is -1.11. The van der Waals surface area contributed by atoms with Crippen molar-refractivity contribution in [3.8, 4) is 0 Å². The minimum absolute atomic E-state index is 0.0961. The van der Waals surface area contributed by atoms with Gasteiger partial charge in [0.05, 0.1) is 19.8 Å². The number of rotatable bonds is 3. The number of phosphoric acid groups is 1. The molecular formula is C6H11O7P. The van der Waals surface area contributed by atoms with Crippen molar-refractivity contribution >= 4 is 7.82 Å². The zero-order chi connectivity index (χ0) is 10.4. The summed E-state index contributed by atoms with van der Waals surface area (Å²) in [5.74, 6) is 0. The van der Waals surface area contributed by atoms with Crippen molar-refractivity contribution in [2.24, 2.45) is 0 Å². The molecule has 2 saturated heterocycles. The molecule has 0 amide bonds. The number of fused-ring (bicyclic) bond motifs is 2. The van der Waals surface area contributed by atoms with Gasteiger partial charge in [0.2, 0.25) is 0 Å². The van der Waals surface area contributed by atoms with Crippen LogP contribution in [0.5, 0.6) is 0 Å². The Balaban J connectivity index is 2.15. The molecule has 2 fully saturated rings. The van der Waals surface area contributed by atoms with Crippen LogP contribution in [0.25, 0.3) is 0 Å². The van der Waals surface area contributed by atoms with Gasteiger partial charge >= 0.3 is 7.82 Å². The maximum Gasteiger partial charge on any atom is 0.470 e. The standard InChI is InChI=1S/C6H11O7P/c7-2-6-3-11-4(1-12-6)5(6)13-14(8,9)10/h4-5,7H,1-3H2,(H2,8,9,10). The molecule has 2 bridgehead atoms. The summed E-state index contributed by atoms with van der Waals surface area (Å²) >= 11 is 0. The number of hydrogen-bond acceptors (Lipinski definition) is 5. The minimum Gasteiger partial charge on any atom is -0.393 e. The molecule has 3 N–H and O–H groups in total. The lowest BCUT2D eigenvalue weighted by Crippen LogP contribution is -2.44. The molecule has 8 heteroatoms. The topological polar surface area (TPSA) is 105 Å². The van der Waals surface area contributed by atoms with Gasteiger partial charge in [0.15, 0.2) is 0 Å². The highest BCUT2D eigenvalue weighted by atomic mass is 31.2. The third-order valence-corrected chi connectivity index (χ3v) is 2.95. The van der Waals surface area contributed by atoms with Gasteiger partial charge in [-0.2, -0.15) is 0 Å². The van der Waals surface area contributed by atoms with Crippen LogP contribution in [0.1, 0.15) is 0 Å². The van der Waals surface area contributed by atoms with Gasteiger partial charge in [-0.05, 0) is 0 Å². The number of ether oxygens (including phenoxy) is 2. The van der Waals surface area contributed by atoms with E-state index in [0.717, 1.165) is 0 Å². The van der Waals surface area contributed by atoms with Crippen molar-refractivity contribution in [3.63, 3.8) is 0 Å². The van der Waals surface area contributed by atoms with E-state index >= 15 is 0 Å². The molecule has 0 aromatic carbocycles. The third-order valence-electron chi connectivity index (χ3n) is 2.45. The van der Waals surface area contributed by atoms with E-state index in [-0.39, 0.29) is 19.8 Å². The molecule has 3 unspecified atom stereocenters. The summed E-state index contributed by atoms with van der Waals surface area (Å²) in [4.78, 5) is 17.3. The third kappa shape index (κ3) is 1.61. The fourth-order valence-electron chi connectivity index (χ4n) is 1.76. The highest BCUT2D eigenvalue weighted by molar-refractivity contribution is 7.46. The maximum atomic E-state index is 10.6. The Hall–Kier alpha value is -0.0100. The van der Waals surface area contributed by atoms with Crippen LogP contribution in [-0.4, -0.2) is 52.5 Å². The Bertz CT molecular complexity index is 265. The molecule has 0 spiro atoms. The summed E-state index contributed by atoms with van der Waals surface area (Å²) in [6, 6.07) is 0. The maximum absolute atomic E-state index is 10.6. The Kier molecular flexibility index (Phi) is 2.43. The lowest BCUT2D eigenvalue weighted by molar-refractivity contribution is -0.122. The van der Waals surface area contributed by atoms with E-state index in [1.165, 1.54) is 0 Å². The molecule has 2 aliphatic rings. The van der Waals surface area contributed by atoms with E-state index < -0.39 is 25.6 Å². The lowest BCUT2D eigenvalue weighted by Gasteiger charge is -2.26. The fraction of sp³-hybridized carbons (Fsp3) is 1.00. The van der Waals surface area contributed by atoms with Crippen molar-refractivity contribution in [2.75, 3.05) is 19.8 Å². The van der Waals surface area contributed by atoms with Crippen molar-refractivity contribution in [2.45, 2.75) is 17.8 Å². The van der Waals surface area contributed by atoms with Gasteiger partial charge in [-0.3, -0.25) is 4.52 Å². The van der Waals surface area contributed by atoms with E-state index in [4.69, 9.17) is 24.4 Å². The van der Waals surface area contributed by atoms with E-state index in [9.17, 15) is 4.57 Å². The monoisotopic (exact) mass is 226 g/mol.